The summed E-state index contributed by atoms with van der Waals surface area (Å²) in [5.74, 6) is -0.312. The van der Waals surface area contributed by atoms with E-state index in [1.165, 1.54) is 0 Å². The minimum atomic E-state index is -1.00. The van der Waals surface area contributed by atoms with Crippen LogP contribution in [0.3, 0.4) is 0 Å². The van der Waals surface area contributed by atoms with Gasteiger partial charge < -0.3 is 20.3 Å². The largest absolute Gasteiger partial charge is 0.491 e. The number of rotatable bonds is 7. The van der Waals surface area contributed by atoms with Crippen LogP contribution in [0.15, 0.2) is 24.3 Å². The van der Waals surface area contributed by atoms with E-state index in [0.29, 0.717) is 19.0 Å². The van der Waals surface area contributed by atoms with Gasteiger partial charge in [-0.3, -0.25) is 4.79 Å². The van der Waals surface area contributed by atoms with Crippen LogP contribution in [-0.2, 0) is 16.0 Å². The normalized spacial score (nSPS) is 12.1. The Bertz CT molecular complexity index is 367. The standard InChI is InChI=1S/C12H17NO4/c1-16-5-6-17-10-4-2-3-9(7-10)8-11(13)12(14)15/h2-4,7,11H,5-6,8,13H2,1H3,(H,14,15). The lowest BCUT2D eigenvalue weighted by molar-refractivity contribution is -0.138. The maximum absolute atomic E-state index is 10.6. The number of hydrogen-bond acceptors (Lipinski definition) is 4. The van der Waals surface area contributed by atoms with Gasteiger partial charge in [-0.05, 0) is 24.1 Å². The smallest absolute Gasteiger partial charge is 0.320 e. The molecule has 0 saturated heterocycles. The lowest BCUT2D eigenvalue weighted by atomic mass is 10.1. The number of carboxylic acids is 1. The molecule has 5 heteroatoms. The Morgan fingerprint density at radius 1 is 1.47 bits per heavy atom. The van der Waals surface area contributed by atoms with E-state index in [2.05, 4.69) is 0 Å². The van der Waals surface area contributed by atoms with Crippen molar-refractivity contribution in [3.05, 3.63) is 29.8 Å². The summed E-state index contributed by atoms with van der Waals surface area (Å²) in [6.07, 6.45) is 0.289. The SMILES string of the molecule is COCCOc1cccc(CC(N)C(=O)O)c1. The monoisotopic (exact) mass is 239 g/mol. The second kappa shape index (κ2) is 6.88. The highest BCUT2D eigenvalue weighted by Crippen LogP contribution is 2.14. The van der Waals surface area contributed by atoms with Gasteiger partial charge in [0.15, 0.2) is 0 Å². The first-order valence-corrected chi connectivity index (χ1v) is 5.32. The predicted octanol–water partition coefficient (Wildman–Crippen LogP) is 0.666. The predicted molar refractivity (Wildman–Crippen MR) is 63.1 cm³/mol. The second-order valence-corrected chi connectivity index (χ2v) is 3.64. The quantitative estimate of drug-likeness (QED) is 0.683. The van der Waals surface area contributed by atoms with Crippen LogP contribution in [0.25, 0.3) is 0 Å². The van der Waals surface area contributed by atoms with Gasteiger partial charge in [0, 0.05) is 7.11 Å². The molecular weight excluding hydrogens is 222 g/mol. The van der Waals surface area contributed by atoms with E-state index in [4.69, 9.17) is 20.3 Å². The van der Waals surface area contributed by atoms with E-state index in [1.807, 2.05) is 18.2 Å². The zero-order valence-corrected chi connectivity index (χ0v) is 9.76. The van der Waals surface area contributed by atoms with Gasteiger partial charge in [0.1, 0.15) is 18.4 Å². The molecule has 0 aliphatic rings. The van der Waals surface area contributed by atoms with Crippen molar-refractivity contribution >= 4 is 5.97 Å². The second-order valence-electron chi connectivity index (χ2n) is 3.64. The number of carboxylic acid groups (broad SMARTS) is 1. The number of carbonyl (C=O) groups is 1. The van der Waals surface area contributed by atoms with Crippen LogP contribution in [0.5, 0.6) is 5.75 Å². The molecule has 3 N–H and O–H groups in total. The van der Waals surface area contributed by atoms with E-state index in [9.17, 15) is 4.79 Å². The summed E-state index contributed by atoms with van der Waals surface area (Å²) in [5, 5.41) is 8.71. The van der Waals surface area contributed by atoms with Crippen molar-refractivity contribution in [1.29, 1.82) is 0 Å². The molecule has 0 bridgehead atoms. The number of benzene rings is 1. The molecule has 0 aliphatic carbocycles. The lowest BCUT2D eigenvalue weighted by Gasteiger charge is -2.09. The molecule has 0 aliphatic heterocycles. The average molecular weight is 239 g/mol. The van der Waals surface area contributed by atoms with Crippen molar-refractivity contribution in [1.82, 2.24) is 0 Å². The molecule has 0 aromatic heterocycles. The minimum Gasteiger partial charge on any atom is -0.491 e. The Hall–Kier alpha value is -1.59. The number of aliphatic carboxylic acids is 1. The summed E-state index contributed by atoms with van der Waals surface area (Å²) in [5.41, 5.74) is 6.30. The third-order valence-corrected chi connectivity index (χ3v) is 2.23. The number of hydrogen-bond donors (Lipinski definition) is 2. The van der Waals surface area contributed by atoms with Gasteiger partial charge in [0.25, 0.3) is 0 Å². The average Bonchev–Trinajstić information content (AvgIpc) is 2.30. The van der Waals surface area contributed by atoms with E-state index in [-0.39, 0.29) is 6.42 Å². The Labute approximate surface area is 100 Å². The fourth-order valence-corrected chi connectivity index (χ4v) is 1.35. The van der Waals surface area contributed by atoms with Crippen LogP contribution in [0.2, 0.25) is 0 Å². The maximum atomic E-state index is 10.6. The maximum Gasteiger partial charge on any atom is 0.320 e. The van der Waals surface area contributed by atoms with Crippen LogP contribution < -0.4 is 10.5 Å². The van der Waals surface area contributed by atoms with E-state index in [0.717, 1.165) is 5.56 Å². The van der Waals surface area contributed by atoms with Crippen LogP contribution >= 0.6 is 0 Å². The molecule has 0 radical (unpaired) electrons. The molecule has 5 nitrogen and oxygen atoms in total. The fourth-order valence-electron chi connectivity index (χ4n) is 1.35. The third kappa shape index (κ3) is 4.84. The minimum absolute atomic E-state index is 0.289. The van der Waals surface area contributed by atoms with Crippen molar-refractivity contribution < 1.29 is 19.4 Å². The lowest BCUT2D eigenvalue weighted by Crippen LogP contribution is -2.32. The molecule has 0 spiro atoms. The molecule has 1 unspecified atom stereocenters. The molecule has 17 heavy (non-hydrogen) atoms. The van der Waals surface area contributed by atoms with Gasteiger partial charge >= 0.3 is 5.97 Å². The van der Waals surface area contributed by atoms with Crippen molar-refractivity contribution in [3.8, 4) is 5.75 Å². The number of ether oxygens (including phenoxy) is 2. The molecule has 0 saturated carbocycles. The highest BCUT2D eigenvalue weighted by Gasteiger charge is 2.12. The molecule has 0 fully saturated rings. The van der Waals surface area contributed by atoms with Gasteiger partial charge in [-0.15, -0.1) is 0 Å². The van der Waals surface area contributed by atoms with Gasteiger partial charge in [0.05, 0.1) is 6.61 Å². The number of nitrogens with two attached hydrogens (primary N) is 1. The molecule has 0 amide bonds. The zero-order chi connectivity index (χ0) is 12.7. The van der Waals surface area contributed by atoms with Gasteiger partial charge in [0.2, 0.25) is 0 Å². The molecule has 1 aromatic carbocycles. The Balaban J connectivity index is 2.56. The van der Waals surface area contributed by atoms with Crippen LogP contribution in [0.4, 0.5) is 0 Å². The highest BCUT2D eigenvalue weighted by molar-refractivity contribution is 5.73. The molecule has 0 heterocycles. The Morgan fingerprint density at radius 2 is 2.24 bits per heavy atom. The van der Waals surface area contributed by atoms with Crippen LogP contribution in [-0.4, -0.2) is 37.4 Å². The van der Waals surface area contributed by atoms with Crippen LogP contribution in [0, 0.1) is 0 Å². The van der Waals surface area contributed by atoms with Crippen molar-refractivity contribution in [2.45, 2.75) is 12.5 Å². The molecular formula is C12H17NO4. The van der Waals surface area contributed by atoms with E-state index < -0.39 is 12.0 Å². The van der Waals surface area contributed by atoms with Crippen molar-refractivity contribution in [2.75, 3.05) is 20.3 Å². The number of methoxy groups -OCH3 is 1. The van der Waals surface area contributed by atoms with E-state index in [1.54, 1.807) is 13.2 Å². The first-order valence-electron chi connectivity index (χ1n) is 5.32. The summed E-state index contributed by atoms with van der Waals surface area (Å²) in [4.78, 5) is 10.6. The summed E-state index contributed by atoms with van der Waals surface area (Å²) >= 11 is 0. The van der Waals surface area contributed by atoms with Gasteiger partial charge in [-0.2, -0.15) is 0 Å². The molecule has 1 atom stereocenters. The Kier molecular flexibility index (Phi) is 5.45. The topological polar surface area (TPSA) is 81.8 Å². The van der Waals surface area contributed by atoms with Gasteiger partial charge in [-0.25, -0.2) is 0 Å². The van der Waals surface area contributed by atoms with Crippen molar-refractivity contribution in [2.24, 2.45) is 5.73 Å². The first kappa shape index (κ1) is 13.5. The molecule has 1 rings (SSSR count). The summed E-state index contributed by atoms with van der Waals surface area (Å²) < 4.78 is 10.3. The third-order valence-electron chi connectivity index (χ3n) is 2.23. The van der Waals surface area contributed by atoms with Crippen LogP contribution in [0.1, 0.15) is 5.56 Å². The Morgan fingerprint density at radius 3 is 2.88 bits per heavy atom. The zero-order valence-electron chi connectivity index (χ0n) is 9.76. The summed E-state index contributed by atoms with van der Waals surface area (Å²) in [6, 6.07) is 6.35. The molecule has 1 aromatic rings. The van der Waals surface area contributed by atoms with E-state index >= 15 is 0 Å². The first-order chi connectivity index (χ1) is 8.13. The van der Waals surface area contributed by atoms with Crippen molar-refractivity contribution in [3.63, 3.8) is 0 Å². The summed E-state index contributed by atoms with van der Waals surface area (Å²) in [7, 11) is 1.60. The van der Waals surface area contributed by atoms with Gasteiger partial charge in [-0.1, -0.05) is 12.1 Å². The fraction of sp³-hybridized carbons (Fsp3) is 0.417. The highest BCUT2D eigenvalue weighted by atomic mass is 16.5. The molecule has 94 valence electrons. The summed E-state index contributed by atoms with van der Waals surface area (Å²) in [6.45, 7) is 0.976.